The molecule has 7 heteroatoms. The van der Waals surface area contributed by atoms with Gasteiger partial charge in [-0.25, -0.2) is 9.59 Å². The molecule has 2 unspecified atom stereocenters. The van der Waals surface area contributed by atoms with Gasteiger partial charge in [0.25, 0.3) is 0 Å². The molecule has 0 saturated heterocycles. The number of amides is 2. The number of rotatable bonds is 6. The maximum Gasteiger partial charge on any atom is 0.332 e. The zero-order valence-corrected chi connectivity index (χ0v) is 13.8. The predicted octanol–water partition coefficient (Wildman–Crippen LogP) is 1.42. The maximum absolute atomic E-state index is 12.4. The van der Waals surface area contributed by atoms with Crippen LogP contribution in [0.1, 0.15) is 24.8 Å². The van der Waals surface area contributed by atoms with Crippen LogP contribution in [0.2, 0.25) is 0 Å². The van der Waals surface area contributed by atoms with Crippen molar-refractivity contribution in [2.24, 2.45) is 0 Å². The number of urea groups is 1. The van der Waals surface area contributed by atoms with E-state index in [9.17, 15) is 9.59 Å². The van der Waals surface area contributed by atoms with Crippen molar-refractivity contribution in [1.82, 2.24) is 10.6 Å². The summed E-state index contributed by atoms with van der Waals surface area (Å²) in [5.41, 5.74) is -0.272. The Morgan fingerprint density at radius 1 is 1.30 bits per heavy atom. The van der Waals surface area contributed by atoms with Crippen LogP contribution in [0.25, 0.3) is 0 Å². The highest BCUT2D eigenvalue weighted by atomic mass is 16.5. The summed E-state index contributed by atoms with van der Waals surface area (Å²) in [5, 5.41) is 5.19. The molecular weight excluding hydrogens is 300 g/mol. The van der Waals surface area contributed by atoms with Crippen molar-refractivity contribution in [3.63, 3.8) is 0 Å². The van der Waals surface area contributed by atoms with Gasteiger partial charge < -0.3 is 24.8 Å². The second-order valence-corrected chi connectivity index (χ2v) is 5.24. The number of carbonyl (C=O) groups is 2. The van der Waals surface area contributed by atoms with Crippen LogP contribution >= 0.6 is 0 Å². The van der Waals surface area contributed by atoms with E-state index in [-0.39, 0.29) is 12.5 Å². The van der Waals surface area contributed by atoms with E-state index in [1.165, 1.54) is 7.05 Å². The topological polar surface area (TPSA) is 85.9 Å². The van der Waals surface area contributed by atoms with E-state index in [1.54, 1.807) is 27.2 Å². The van der Waals surface area contributed by atoms with Crippen LogP contribution in [-0.2, 0) is 9.53 Å². The third kappa shape index (κ3) is 3.04. The molecular formula is C16H22N2O5. The molecule has 0 bridgehead atoms. The van der Waals surface area contributed by atoms with Crippen molar-refractivity contribution in [1.29, 1.82) is 0 Å². The third-order valence-electron chi connectivity index (χ3n) is 3.97. The second kappa shape index (κ2) is 6.76. The number of benzene rings is 1. The second-order valence-electron chi connectivity index (χ2n) is 5.24. The molecule has 2 amide bonds. The average molecular weight is 322 g/mol. The van der Waals surface area contributed by atoms with E-state index in [0.29, 0.717) is 17.9 Å². The Morgan fingerprint density at radius 2 is 2.04 bits per heavy atom. The van der Waals surface area contributed by atoms with E-state index in [4.69, 9.17) is 14.2 Å². The summed E-state index contributed by atoms with van der Waals surface area (Å²) in [6, 6.07) is 5.04. The fraction of sp³-hybridized carbons (Fsp3) is 0.500. The Balaban J connectivity index is 2.37. The summed E-state index contributed by atoms with van der Waals surface area (Å²) in [6.07, 6.45) is 0.447. The number of carbonyl (C=O) groups excluding carboxylic acids is 2. The van der Waals surface area contributed by atoms with Gasteiger partial charge in [0.05, 0.1) is 20.8 Å². The lowest BCUT2D eigenvalue weighted by molar-refractivity contribution is -0.146. The highest BCUT2D eigenvalue weighted by Gasteiger charge is 2.64. The van der Waals surface area contributed by atoms with Gasteiger partial charge in [-0.15, -0.1) is 0 Å². The van der Waals surface area contributed by atoms with Crippen LogP contribution in [-0.4, -0.2) is 45.4 Å². The van der Waals surface area contributed by atoms with Crippen LogP contribution in [0.15, 0.2) is 18.2 Å². The summed E-state index contributed by atoms with van der Waals surface area (Å²) in [4.78, 5) is 24.1. The Morgan fingerprint density at radius 3 is 2.61 bits per heavy atom. The Bertz CT molecular complexity index is 604. The number of ether oxygens (including phenoxy) is 3. The van der Waals surface area contributed by atoms with Gasteiger partial charge >= 0.3 is 12.0 Å². The number of hydrogen-bond donors (Lipinski definition) is 2. The molecule has 126 valence electrons. The largest absolute Gasteiger partial charge is 0.493 e. The molecule has 0 radical (unpaired) electrons. The first-order valence-corrected chi connectivity index (χ1v) is 7.42. The molecule has 1 fully saturated rings. The SMILES string of the molecule is CCOC(=O)C1(NC(=O)NC)CC1c1cccc(OC)c1OC. The Kier molecular flexibility index (Phi) is 4.98. The molecule has 0 aliphatic heterocycles. The van der Waals surface area contributed by atoms with Crippen LogP contribution in [0.4, 0.5) is 4.79 Å². The lowest BCUT2D eigenvalue weighted by Gasteiger charge is -2.19. The fourth-order valence-corrected chi connectivity index (χ4v) is 2.76. The van der Waals surface area contributed by atoms with E-state index >= 15 is 0 Å². The highest BCUT2D eigenvalue weighted by molar-refractivity contribution is 5.92. The van der Waals surface area contributed by atoms with Gasteiger partial charge in [0, 0.05) is 18.5 Å². The van der Waals surface area contributed by atoms with Gasteiger partial charge in [-0.05, 0) is 19.4 Å². The van der Waals surface area contributed by atoms with E-state index in [1.807, 2.05) is 12.1 Å². The van der Waals surface area contributed by atoms with Crippen LogP contribution in [0, 0.1) is 0 Å². The number of para-hydroxylation sites is 1. The highest BCUT2D eigenvalue weighted by Crippen LogP contribution is 2.55. The summed E-state index contributed by atoms with van der Waals surface area (Å²) < 4.78 is 15.9. The van der Waals surface area contributed by atoms with Crippen molar-refractivity contribution < 1.29 is 23.8 Å². The minimum atomic E-state index is -1.07. The number of methoxy groups -OCH3 is 2. The van der Waals surface area contributed by atoms with Gasteiger partial charge in [0.2, 0.25) is 0 Å². The monoisotopic (exact) mass is 322 g/mol. The molecule has 0 heterocycles. The molecule has 0 aromatic heterocycles. The standard InChI is InChI=1S/C16H22N2O5/c1-5-23-14(19)16(18-15(20)17-2)9-11(16)10-7-6-8-12(21-3)13(10)22-4/h6-8,11H,5,9H2,1-4H3,(H2,17,18,20). The fourth-order valence-electron chi connectivity index (χ4n) is 2.76. The summed E-state index contributed by atoms with van der Waals surface area (Å²) >= 11 is 0. The van der Waals surface area contributed by atoms with Crippen molar-refractivity contribution in [3.05, 3.63) is 23.8 Å². The molecule has 2 atom stereocenters. The van der Waals surface area contributed by atoms with Gasteiger partial charge in [-0.3, -0.25) is 0 Å². The molecule has 1 saturated carbocycles. The van der Waals surface area contributed by atoms with Crippen LogP contribution in [0.5, 0.6) is 11.5 Å². The lowest BCUT2D eigenvalue weighted by Crippen LogP contribution is -2.49. The molecule has 1 aromatic carbocycles. The van der Waals surface area contributed by atoms with Crippen molar-refractivity contribution >= 4 is 12.0 Å². The third-order valence-corrected chi connectivity index (χ3v) is 3.97. The first kappa shape index (κ1) is 16.9. The Labute approximate surface area is 135 Å². The normalized spacial score (nSPS) is 22.0. The number of nitrogens with one attached hydrogen (secondary N) is 2. The van der Waals surface area contributed by atoms with Crippen molar-refractivity contribution in [3.8, 4) is 11.5 Å². The van der Waals surface area contributed by atoms with E-state index < -0.39 is 17.5 Å². The smallest absolute Gasteiger partial charge is 0.332 e. The minimum Gasteiger partial charge on any atom is -0.493 e. The van der Waals surface area contributed by atoms with E-state index in [2.05, 4.69) is 10.6 Å². The van der Waals surface area contributed by atoms with Gasteiger partial charge in [-0.2, -0.15) is 0 Å². The molecule has 1 aliphatic rings. The first-order valence-electron chi connectivity index (χ1n) is 7.42. The van der Waals surface area contributed by atoms with Crippen molar-refractivity contribution in [2.75, 3.05) is 27.9 Å². The van der Waals surface area contributed by atoms with Crippen molar-refractivity contribution in [2.45, 2.75) is 24.8 Å². The number of esters is 1. The van der Waals surface area contributed by atoms with Crippen LogP contribution in [0.3, 0.4) is 0 Å². The molecule has 23 heavy (non-hydrogen) atoms. The molecule has 7 nitrogen and oxygen atoms in total. The van der Waals surface area contributed by atoms with Gasteiger partial charge in [-0.1, -0.05) is 12.1 Å². The Hall–Kier alpha value is -2.44. The molecule has 1 aliphatic carbocycles. The van der Waals surface area contributed by atoms with Gasteiger partial charge in [0.15, 0.2) is 11.5 Å². The molecule has 2 N–H and O–H groups in total. The quantitative estimate of drug-likeness (QED) is 0.774. The zero-order chi connectivity index (χ0) is 17.0. The average Bonchev–Trinajstić information content (AvgIpc) is 3.29. The predicted molar refractivity (Wildman–Crippen MR) is 83.9 cm³/mol. The number of hydrogen-bond acceptors (Lipinski definition) is 5. The summed E-state index contributed by atoms with van der Waals surface area (Å²) in [7, 11) is 4.59. The van der Waals surface area contributed by atoms with Crippen LogP contribution < -0.4 is 20.1 Å². The van der Waals surface area contributed by atoms with Gasteiger partial charge in [0.1, 0.15) is 5.54 Å². The minimum absolute atomic E-state index is 0.233. The lowest BCUT2D eigenvalue weighted by atomic mass is 10.0. The summed E-state index contributed by atoms with van der Waals surface area (Å²) in [5.74, 6) is 0.460. The molecule has 0 spiro atoms. The molecule has 1 aromatic rings. The zero-order valence-electron chi connectivity index (χ0n) is 13.8. The molecule has 2 rings (SSSR count). The first-order chi connectivity index (χ1) is 11.0. The summed E-state index contributed by atoms with van der Waals surface area (Å²) in [6.45, 7) is 1.98. The maximum atomic E-state index is 12.4. The van der Waals surface area contributed by atoms with E-state index in [0.717, 1.165) is 5.56 Å².